The van der Waals surface area contributed by atoms with Gasteiger partial charge in [0.25, 0.3) is 5.91 Å². The van der Waals surface area contributed by atoms with Crippen LogP contribution in [0.5, 0.6) is 0 Å². The topological polar surface area (TPSA) is 99.3 Å². The highest BCUT2D eigenvalue weighted by Crippen LogP contribution is 2.27. The second kappa shape index (κ2) is 8.74. The van der Waals surface area contributed by atoms with E-state index in [9.17, 15) is 18.0 Å². The summed E-state index contributed by atoms with van der Waals surface area (Å²) in [4.78, 5) is 28.1. The fraction of sp³-hybridized carbons (Fsp3) is 0.565. The number of rotatable bonds is 4. The summed E-state index contributed by atoms with van der Waals surface area (Å²) >= 11 is 0. The highest BCUT2D eigenvalue weighted by Gasteiger charge is 2.29. The van der Waals surface area contributed by atoms with Crippen LogP contribution in [0, 0.1) is 11.8 Å². The van der Waals surface area contributed by atoms with E-state index in [0.29, 0.717) is 35.8 Å². The number of carbonyl (C=O) groups is 1. The number of aromatic nitrogens is 1. The van der Waals surface area contributed by atoms with Crippen LogP contribution in [-0.2, 0) is 10.0 Å². The van der Waals surface area contributed by atoms with Crippen molar-refractivity contribution in [2.75, 3.05) is 13.1 Å². The lowest BCUT2D eigenvalue weighted by Crippen LogP contribution is -2.41. The molecule has 0 radical (unpaired) electrons. The number of piperidine rings is 1. The Morgan fingerprint density at radius 2 is 1.77 bits per heavy atom. The van der Waals surface area contributed by atoms with Crippen LogP contribution in [0.25, 0.3) is 10.9 Å². The molecule has 1 saturated carbocycles. The Bertz CT molecular complexity index is 1130. The molecule has 8 heteroatoms. The Balaban J connectivity index is 1.69. The first-order valence-electron chi connectivity index (χ1n) is 11.2. The molecule has 2 N–H and O–H groups in total. The Kier molecular flexibility index (Phi) is 6.21. The van der Waals surface area contributed by atoms with Gasteiger partial charge in [-0.05, 0) is 55.7 Å². The van der Waals surface area contributed by atoms with Crippen LogP contribution in [0.3, 0.4) is 0 Å². The molecule has 2 aliphatic rings. The van der Waals surface area contributed by atoms with Gasteiger partial charge in [0.1, 0.15) is 0 Å². The van der Waals surface area contributed by atoms with E-state index in [4.69, 9.17) is 0 Å². The molecule has 1 aromatic carbocycles. The number of hydrogen-bond donors (Lipinski definition) is 2. The first-order valence-corrected chi connectivity index (χ1v) is 12.7. The van der Waals surface area contributed by atoms with E-state index in [-0.39, 0.29) is 28.0 Å². The van der Waals surface area contributed by atoms with E-state index in [1.165, 1.54) is 22.5 Å². The predicted octanol–water partition coefficient (Wildman–Crippen LogP) is 3.26. The molecular weight excluding hydrogens is 414 g/mol. The summed E-state index contributed by atoms with van der Waals surface area (Å²) < 4.78 is 27.9. The van der Waals surface area contributed by atoms with Crippen LogP contribution < -0.4 is 10.9 Å². The molecule has 168 valence electrons. The van der Waals surface area contributed by atoms with Gasteiger partial charge in [0.15, 0.2) is 0 Å². The highest BCUT2D eigenvalue weighted by atomic mass is 32.2. The van der Waals surface area contributed by atoms with Gasteiger partial charge in [0.2, 0.25) is 15.6 Å². The molecule has 1 aliphatic carbocycles. The Morgan fingerprint density at radius 1 is 1.06 bits per heavy atom. The third-order valence-electron chi connectivity index (χ3n) is 6.87. The summed E-state index contributed by atoms with van der Waals surface area (Å²) in [6.07, 6.45) is 5.90. The van der Waals surface area contributed by atoms with Crippen molar-refractivity contribution in [3.05, 3.63) is 40.2 Å². The molecule has 0 bridgehead atoms. The van der Waals surface area contributed by atoms with Gasteiger partial charge in [-0.25, -0.2) is 8.42 Å². The van der Waals surface area contributed by atoms with Crippen molar-refractivity contribution in [1.29, 1.82) is 0 Å². The quantitative estimate of drug-likeness (QED) is 0.754. The largest absolute Gasteiger partial charge is 0.349 e. The third kappa shape index (κ3) is 4.55. The molecule has 2 atom stereocenters. The number of hydrogen-bond acceptors (Lipinski definition) is 4. The number of nitrogens with zero attached hydrogens (tertiary/aromatic N) is 1. The molecule has 1 amide bonds. The van der Waals surface area contributed by atoms with Gasteiger partial charge in [-0.2, -0.15) is 4.31 Å². The van der Waals surface area contributed by atoms with Crippen molar-refractivity contribution in [2.45, 2.75) is 63.3 Å². The number of pyridine rings is 1. The number of sulfonamides is 1. The molecule has 2 fully saturated rings. The molecule has 31 heavy (non-hydrogen) atoms. The smallest absolute Gasteiger partial charge is 0.252 e. The molecule has 2 heterocycles. The number of amides is 1. The molecule has 0 spiro atoms. The van der Waals surface area contributed by atoms with Crippen LogP contribution in [0.4, 0.5) is 0 Å². The van der Waals surface area contributed by atoms with Crippen LogP contribution in [0.1, 0.15) is 62.7 Å². The number of carbonyl (C=O) groups excluding carboxylic acids is 1. The van der Waals surface area contributed by atoms with Gasteiger partial charge in [0, 0.05) is 36.1 Å². The van der Waals surface area contributed by atoms with E-state index >= 15 is 0 Å². The van der Waals surface area contributed by atoms with Crippen molar-refractivity contribution in [2.24, 2.45) is 11.8 Å². The Morgan fingerprint density at radius 3 is 2.48 bits per heavy atom. The van der Waals surface area contributed by atoms with E-state index < -0.39 is 10.0 Å². The van der Waals surface area contributed by atoms with Crippen molar-refractivity contribution >= 4 is 26.8 Å². The van der Waals surface area contributed by atoms with Gasteiger partial charge >= 0.3 is 0 Å². The van der Waals surface area contributed by atoms with Crippen molar-refractivity contribution in [3.8, 4) is 0 Å². The van der Waals surface area contributed by atoms with Crippen LogP contribution in [0.15, 0.2) is 34.0 Å². The van der Waals surface area contributed by atoms with Gasteiger partial charge < -0.3 is 10.3 Å². The summed E-state index contributed by atoms with van der Waals surface area (Å²) in [5, 5.41) is 3.53. The van der Waals surface area contributed by atoms with Crippen molar-refractivity contribution < 1.29 is 13.2 Å². The van der Waals surface area contributed by atoms with Gasteiger partial charge in [-0.15, -0.1) is 0 Å². The summed E-state index contributed by atoms with van der Waals surface area (Å²) in [5.41, 5.74) is 0.302. The number of nitrogens with one attached hydrogen (secondary N) is 2. The number of H-pyrrole nitrogens is 1. The Labute approximate surface area is 183 Å². The van der Waals surface area contributed by atoms with Gasteiger partial charge in [0.05, 0.1) is 10.5 Å². The predicted molar refractivity (Wildman–Crippen MR) is 121 cm³/mol. The zero-order chi connectivity index (χ0) is 22.2. The lowest BCUT2D eigenvalue weighted by atomic mass is 9.86. The average molecular weight is 446 g/mol. The minimum Gasteiger partial charge on any atom is -0.349 e. The summed E-state index contributed by atoms with van der Waals surface area (Å²) in [5.74, 6) is 0.574. The van der Waals surface area contributed by atoms with Crippen LogP contribution in [-0.4, -0.2) is 42.7 Å². The van der Waals surface area contributed by atoms with E-state index in [0.717, 1.165) is 38.5 Å². The summed E-state index contributed by atoms with van der Waals surface area (Å²) in [6, 6.07) is 5.95. The zero-order valence-corrected chi connectivity index (χ0v) is 19.0. The Hall–Kier alpha value is -2.19. The first kappa shape index (κ1) is 22.0. The highest BCUT2D eigenvalue weighted by molar-refractivity contribution is 7.89. The molecule has 1 aliphatic heterocycles. The maximum absolute atomic E-state index is 13.2. The van der Waals surface area contributed by atoms with Gasteiger partial charge in [-0.3, -0.25) is 9.59 Å². The first-order chi connectivity index (χ1) is 14.8. The molecule has 1 aromatic heterocycles. The number of benzene rings is 1. The molecule has 2 aromatic rings. The minimum absolute atomic E-state index is 0.0674. The number of aromatic amines is 1. The normalized spacial score (nSPS) is 23.7. The fourth-order valence-corrected chi connectivity index (χ4v) is 6.23. The fourth-order valence-electron chi connectivity index (χ4n) is 4.73. The second-order valence-electron chi connectivity index (χ2n) is 9.18. The van der Waals surface area contributed by atoms with Crippen LogP contribution in [0.2, 0.25) is 0 Å². The number of fused-ring (bicyclic) bond motifs is 1. The van der Waals surface area contributed by atoms with Crippen LogP contribution >= 0.6 is 0 Å². The maximum Gasteiger partial charge on any atom is 0.252 e. The standard InChI is InChI=1S/C23H31N3O4S/c1-15-9-11-26(12-10-15)31(29,30)17-7-8-21-18(13-17)19(14-22(27)24-21)23(28)25-20-6-4-3-5-16(20)2/h7-8,13-16,20H,3-6,9-12H2,1-2H3,(H,24,27)(H,25,28). The monoisotopic (exact) mass is 445 g/mol. The van der Waals surface area contributed by atoms with Gasteiger partial charge in [-0.1, -0.05) is 26.7 Å². The zero-order valence-electron chi connectivity index (χ0n) is 18.2. The minimum atomic E-state index is -3.66. The lowest BCUT2D eigenvalue weighted by Gasteiger charge is -2.30. The lowest BCUT2D eigenvalue weighted by molar-refractivity contribution is 0.0911. The van der Waals surface area contributed by atoms with Crippen molar-refractivity contribution in [1.82, 2.24) is 14.6 Å². The summed E-state index contributed by atoms with van der Waals surface area (Å²) in [7, 11) is -3.66. The second-order valence-corrected chi connectivity index (χ2v) is 11.1. The molecule has 2 unspecified atom stereocenters. The maximum atomic E-state index is 13.2. The molecule has 7 nitrogen and oxygen atoms in total. The third-order valence-corrected chi connectivity index (χ3v) is 8.76. The average Bonchev–Trinajstić information content (AvgIpc) is 2.74. The van der Waals surface area contributed by atoms with E-state index in [1.807, 2.05) is 0 Å². The molecule has 4 rings (SSSR count). The van der Waals surface area contributed by atoms with E-state index in [2.05, 4.69) is 24.1 Å². The molecular formula is C23H31N3O4S. The summed E-state index contributed by atoms with van der Waals surface area (Å²) in [6.45, 7) is 5.26. The van der Waals surface area contributed by atoms with Crippen molar-refractivity contribution in [3.63, 3.8) is 0 Å². The SMILES string of the molecule is CC1CCN(S(=O)(=O)c2ccc3[nH]c(=O)cc(C(=O)NC4CCCCC4C)c3c2)CC1. The molecule has 1 saturated heterocycles. The van der Waals surface area contributed by atoms with E-state index in [1.54, 1.807) is 6.07 Å².